The van der Waals surface area contributed by atoms with E-state index in [2.05, 4.69) is 26.5 Å². The van der Waals surface area contributed by atoms with Gasteiger partial charge in [0.25, 0.3) is 0 Å². The average Bonchev–Trinajstić information content (AvgIpc) is 3.01. The molecule has 1 aromatic heterocycles. The maximum absolute atomic E-state index is 11.7. The molecule has 17 heavy (non-hydrogen) atoms. The Labute approximate surface area is 108 Å². The van der Waals surface area contributed by atoms with E-state index >= 15 is 0 Å². The van der Waals surface area contributed by atoms with E-state index in [-0.39, 0.29) is 11.7 Å². The molecule has 4 nitrogen and oxygen atoms in total. The molecule has 0 aliphatic heterocycles. The van der Waals surface area contributed by atoms with Gasteiger partial charge in [0.05, 0.1) is 0 Å². The van der Waals surface area contributed by atoms with Crippen LogP contribution in [0.5, 0.6) is 0 Å². The van der Waals surface area contributed by atoms with Crippen LogP contribution in [0.2, 0.25) is 0 Å². The Morgan fingerprint density at radius 2 is 2.35 bits per heavy atom. The van der Waals surface area contributed by atoms with Crippen molar-refractivity contribution in [3.05, 3.63) is 22.6 Å². The summed E-state index contributed by atoms with van der Waals surface area (Å²) in [5.74, 6) is 1.40. The molecule has 5 heteroatoms. The molecule has 1 heterocycles. The van der Waals surface area contributed by atoms with Crippen LogP contribution in [0, 0.1) is 11.8 Å². The average molecular weight is 297 g/mol. The fourth-order valence-electron chi connectivity index (χ4n) is 2.78. The van der Waals surface area contributed by atoms with Crippen LogP contribution in [0.4, 0.5) is 0 Å². The van der Waals surface area contributed by atoms with E-state index in [1.807, 2.05) is 0 Å². The third-order valence-electron chi connectivity index (χ3n) is 3.61. The molecule has 1 amide bonds. The van der Waals surface area contributed by atoms with Gasteiger partial charge in [-0.2, -0.15) is 5.10 Å². The minimum atomic E-state index is -0.286. The highest BCUT2D eigenvalue weighted by Gasteiger charge is 2.36. The second kappa shape index (κ2) is 4.29. The summed E-state index contributed by atoms with van der Waals surface area (Å²) in [6.07, 6.45) is 4.85. The zero-order chi connectivity index (χ0) is 11.8. The van der Waals surface area contributed by atoms with E-state index in [0.29, 0.717) is 10.6 Å². The number of hydrogen-bond donors (Lipinski definition) is 1. The van der Waals surface area contributed by atoms with Crippen molar-refractivity contribution in [3.8, 4) is 0 Å². The summed E-state index contributed by atoms with van der Waals surface area (Å²) in [4.78, 5) is 11.7. The third-order valence-corrected chi connectivity index (χ3v) is 4.03. The molecule has 3 rings (SSSR count). The van der Waals surface area contributed by atoms with Gasteiger partial charge in [0, 0.05) is 5.71 Å². The Morgan fingerprint density at radius 3 is 2.94 bits per heavy atom. The second-order valence-electron chi connectivity index (χ2n) is 4.73. The number of furan rings is 1. The van der Waals surface area contributed by atoms with Gasteiger partial charge in [0.15, 0.2) is 10.4 Å². The highest BCUT2D eigenvalue weighted by atomic mass is 79.9. The van der Waals surface area contributed by atoms with Gasteiger partial charge in [-0.25, -0.2) is 5.43 Å². The minimum Gasteiger partial charge on any atom is -0.444 e. The number of rotatable bonds is 2. The monoisotopic (exact) mass is 296 g/mol. The molecule has 90 valence electrons. The first kappa shape index (κ1) is 11.0. The highest BCUT2D eigenvalue weighted by molar-refractivity contribution is 9.10. The van der Waals surface area contributed by atoms with Crippen LogP contribution in [0.15, 0.2) is 26.3 Å². The van der Waals surface area contributed by atoms with Crippen molar-refractivity contribution < 1.29 is 9.21 Å². The first-order chi connectivity index (χ1) is 8.22. The van der Waals surface area contributed by atoms with Crippen molar-refractivity contribution in [1.82, 2.24) is 5.43 Å². The Kier molecular flexibility index (Phi) is 2.78. The summed E-state index contributed by atoms with van der Waals surface area (Å²) >= 11 is 3.16. The van der Waals surface area contributed by atoms with Gasteiger partial charge in [0.1, 0.15) is 0 Å². The molecule has 0 saturated heterocycles. The van der Waals surface area contributed by atoms with Gasteiger partial charge in [-0.05, 0) is 65.6 Å². The van der Waals surface area contributed by atoms with E-state index in [1.165, 1.54) is 19.3 Å². The van der Waals surface area contributed by atoms with Crippen LogP contribution in [-0.2, 0) is 0 Å². The number of hydrazone groups is 1. The van der Waals surface area contributed by atoms with Gasteiger partial charge in [-0.3, -0.25) is 4.79 Å². The predicted octanol–water partition coefficient (Wildman–Crippen LogP) is 2.95. The number of nitrogens with zero attached hydrogens (tertiary/aromatic N) is 1. The molecule has 2 unspecified atom stereocenters. The zero-order valence-corrected chi connectivity index (χ0v) is 10.9. The maximum Gasteiger partial charge on any atom is 0.307 e. The van der Waals surface area contributed by atoms with Crippen molar-refractivity contribution in [2.75, 3.05) is 0 Å². The predicted molar refractivity (Wildman–Crippen MR) is 66.8 cm³/mol. The summed E-state index contributed by atoms with van der Waals surface area (Å²) in [6.45, 7) is 0. The quantitative estimate of drug-likeness (QED) is 0.853. The molecule has 2 atom stereocenters. The lowest BCUT2D eigenvalue weighted by molar-refractivity contribution is 0.0925. The number of amides is 1. The van der Waals surface area contributed by atoms with Crippen molar-refractivity contribution in [3.63, 3.8) is 0 Å². The van der Waals surface area contributed by atoms with Gasteiger partial charge in [-0.1, -0.05) is 0 Å². The lowest BCUT2D eigenvalue weighted by Gasteiger charge is -2.11. The Hall–Kier alpha value is -1.10. The molecule has 2 aliphatic carbocycles. The number of carbonyl (C=O) groups excluding carboxylic acids is 1. The van der Waals surface area contributed by atoms with E-state index in [4.69, 9.17) is 4.42 Å². The van der Waals surface area contributed by atoms with Crippen molar-refractivity contribution in [2.24, 2.45) is 16.9 Å². The van der Waals surface area contributed by atoms with E-state index in [1.54, 1.807) is 12.1 Å². The van der Waals surface area contributed by atoms with Crippen LogP contribution in [0.3, 0.4) is 0 Å². The molecule has 0 spiro atoms. The summed E-state index contributed by atoms with van der Waals surface area (Å²) in [5.41, 5.74) is 3.73. The number of hydrogen-bond acceptors (Lipinski definition) is 3. The Bertz CT molecular complexity index is 481. The standard InChI is InChI=1S/C12H13BrN2O2/c13-11-4-3-10(17-11)12(16)15-14-9-6-7-1-2-8(9)5-7/h3-4,7-8H,1-2,5-6H2,(H,15,16)/b14-9+. The fraction of sp³-hybridized carbons (Fsp3) is 0.500. The molecule has 1 N–H and O–H groups in total. The number of halogens is 1. The third kappa shape index (κ3) is 2.16. The van der Waals surface area contributed by atoms with Gasteiger partial charge in [-0.15, -0.1) is 0 Å². The van der Waals surface area contributed by atoms with Crippen LogP contribution in [0.1, 0.15) is 36.2 Å². The largest absolute Gasteiger partial charge is 0.444 e. The Balaban J connectivity index is 1.64. The highest BCUT2D eigenvalue weighted by Crippen LogP contribution is 2.42. The van der Waals surface area contributed by atoms with Crippen molar-refractivity contribution in [1.29, 1.82) is 0 Å². The van der Waals surface area contributed by atoms with Crippen molar-refractivity contribution in [2.45, 2.75) is 25.7 Å². The molecule has 2 fully saturated rings. The molecule has 2 saturated carbocycles. The lowest BCUT2D eigenvalue weighted by Crippen LogP contribution is -2.21. The van der Waals surface area contributed by atoms with Crippen LogP contribution < -0.4 is 5.43 Å². The van der Waals surface area contributed by atoms with E-state index in [0.717, 1.165) is 18.1 Å². The van der Waals surface area contributed by atoms with Crippen LogP contribution >= 0.6 is 15.9 Å². The van der Waals surface area contributed by atoms with Crippen LogP contribution in [0.25, 0.3) is 0 Å². The van der Waals surface area contributed by atoms with Crippen LogP contribution in [-0.4, -0.2) is 11.6 Å². The van der Waals surface area contributed by atoms with Gasteiger partial charge < -0.3 is 4.42 Å². The zero-order valence-electron chi connectivity index (χ0n) is 9.28. The summed E-state index contributed by atoms with van der Waals surface area (Å²) in [7, 11) is 0. The van der Waals surface area contributed by atoms with E-state index in [9.17, 15) is 4.79 Å². The molecule has 2 aliphatic rings. The maximum atomic E-state index is 11.7. The number of nitrogens with one attached hydrogen (secondary N) is 1. The van der Waals surface area contributed by atoms with Crippen molar-refractivity contribution >= 4 is 27.5 Å². The molecule has 0 aromatic carbocycles. The lowest BCUT2D eigenvalue weighted by atomic mass is 9.99. The first-order valence-corrected chi connectivity index (χ1v) is 6.64. The van der Waals surface area contributed by atoms with Gasteiger partial charge in [0.2, 0.25) is 0 Å². The number of fused-ring (bicyclic) bond motifs is 2. The Morgan fingerprint density at radius 1 is 1.47 bits per heavy atom. The summed E-state index contributed by atoms with van der Waals surface area (Å²) in [5, 5.41) is 4.23. The molecule has 1 aromatic rings. The fourth-order valence-corrected chi connectivity index (χ4v) is 3.08. The van der Waals surface area contributed by atoms with Gasteiger partial charge >= 0.3 is 5.91 Å². The summed E-state index contributed by atoms with van der Waals surface area (Å²) in [6, 6.07) is 3.32. The molecular weight excluding hydrogens is 284 g/mol. The second-order valence-corrected chi connectivity index (χ2v) is 5.51. The smallest absolute Gasteiger partial charge is 0.307 e. The SMILES string of the molecule is O=C(N/N=C1\CC2CCC1C2)c1ccc(Br)o1. The normalized spacial score (nSPS) is 28.9. The van der Waals surface area contributed by atoms with E-state index < -0.39 is 0 Å². The molecule has 0 radical (unpaired) electrons. The molecular formula is C12H13BrN2O2. The number of carbonyl (C=O) groups is 1. The minimum absolute atomic E-state index is 0.282. The first-order valence-electron chi connectivity index (χ1n) is 5.84. The topological polar surface area (TPSA) is 54.6 Å². The summed E-state index contributed by atoms with van der Waals surface area (Å²) < 4.78 is 5.71. The molecule has 2 bridgehead atoms.